The van der Waals surface area contributed by atoms with Crippen LogP contribution in [-0.2, 0) is 0 Å². The van der Waals surface area contributed by atoms with Crippen LogP contribution in [0.5, 0.6) is 5.75 Å². The average molecular weight is 311 g/mol. The Labute approximate surface area is 131 Å². The van der Waals surface area contributed by atoms with Crippen molar-refractivity contribution in [1.29, 1.82) is 0 Å². The van der Waals surface area contributed by atoms with Crippen molar-refractivity contribution >= 4 is 17.5 Å². The zero-order valence-corrected chi connectivity index (χ0v) is 13.6. The predicted molar refractivity (Wildman–Crippen MR) is 85.2 cm³/mol. The van der Waals surface area contributed by atoms with E-state index in [9.17, 15) is 4.79 Å². The smallest absolute Gasteiger partial charge is 0.255 e. The highest BCUT2D eigenvalue weighted by Gasteiger charge is 2.23. The third-order valence-electron chi connectivity index (χ3n) is 4.00. The summed E-state index contributed by atoms with van der Waals surface area (Å²) in [6, 6.07) is 5.88. The van der Waals surface area contributed by atoms with E-state index in [4.69, 9.17) is 16.3 Å². The molecule has 0 bridgehead atoms. The number of halogens is 1. The van der Waals surface area contributed by atoms with Gasteiger partial charge in [-0.3, -0.25) is 4.79 Å². The number of rotatable bonds is 4. The monoisotopic (exact) mass is 310 g/mol. The number of hydrogen-bond acceptors (Lipinski definition) is 3. The average Bonchev–Trinajstić information content (AvgIpc) is 2.47. The maximum atomic E-state index is 12.4. The van der Waals surface area contributed by atoms with Crippen molar-refractivity contribution in [3.63, 3.8) is 0 Å². The van der Waals surface area contributed by atoms with Crippen LogP contribution in [0.4, 0.5) is 0 Å². The van der Waals surface area contributed by atoms with Crippen molar-refractivity contribution in [2.45, 2.75) is 38.8 Å². The van der Waals surface area contributed by atoms with E-state index in [2.05, 4.69) is 24.1 Å². The Bertz CT molecular complexity index is 497. The first-order valence-electron chi connectivity index (χ1n) is 7.39. The molecule has 1 fully saturated rings. The van der Waals surface area contributed by atoms with Gasteiger partial charge in [-0.2, -0.15) is 0 Å². The highest BCUT2D eigenvalue weighted by molar-refractivity contribution is 6.31. The molecule has 21 heavy (non-hydrogen) atoms. The first-order valence-corrected chi connectivity index (χ1v) is 7.77. The lowest BCUT2D eigenvalue weighted by atomic mass is 10.0. The van der Waals surface area contributed by atoms with Gasteiger partial charge < -0.3 is 15.0 Å². The highest BCUT2D eigenvalue weighted by atomic mass is 35.5. The summed E-state index contributed by atoms with van der Waals surface area (Å²) in [5, 5.41) is 3.63. The van der Waals surface area contributed by atoms with E-state index >= 15 is 0 Å². The molecular weight excluding hydrogens is 288 g/mol. The number of amides is 1. The maximum Gasteiger partial charge on any atom is 0.255 e. The van der Waals surface area contributed by atoms with Gasteiger partial charge >= 0.3 is 0 Å². The van der Waals surface area contributed by atoms with E-state index < -0.39 is 0 Å². The molecule has 0 spiro atoms. The molecule has 1 heterocycles. The van der Waals surface area contributed by atoms with Crippen molar-refractivity contribution in [2.24, 2.45) is 0 Å². The Morgan fingerprint density at radius 1 is 1.38 bits per heavy atom. The first-order chi connectivity index (χ1) is 10.0. The van der Waals surface area contributed by atoms with Gasteiger partial charge in [-0.15, -0.1) is 0 Å². The van der Waals surface area contributed by atoms with Gasteiger partial charge in [0.2, 0.25) is 0 Å². The molecule has 0 aromatic heterocycles. The van der Waals surface area contributed by atoms with Crippen molar-refractivity contribution < 1.29 is 9.53 Å². The predicted octanol–water partition coefficient (Wildman–Crippen LogP) is 2.95. The van der Waals surface area contributed by atoms with Crippen LogP contribution in [0.25, 0.3) is 0 Å². The van der Waals surface area contributed by atoms with E-state index in [0.29, 0.717) is 22.4 Å². The van der Waals surface area contributed by atoms with Gasteiger partial charge in [0.05, 0.1) is 12.7 Å². The number of methoxy groups -OCH3 is 1. The SMILES string of the molecule is COc1ccc(Cl)cc1C(=O)NC1CCN(C(C)C)CC1. The molecule has 1 aliphatic rings. The van der Waals surface area contributed by atoms with Crippen molar-refractivity contribution in [1.82, 2.24) is 10.2 Å². The van der Waals surface area contributed by atoms with Crippen LogP contribution in [0, 0.1) is 0 Å². The number of benzene rings is 1. The minimum atomic E-state index is -0.114. The summed E-state index contributed by atoms with van der Waals surface area (Å²) in [4.78, 5) is 14.8. The molecule has 0 aliphatic carbocycles. The Balaban J connectivity index is 1.98. The number of nitrogens with one attached hydrogen (secondary N) is 1. The Kier molecular flexibility index (Phi) is 5.48. The zero-order valence-electron chi connectivity index (χ0n) is 12.9. The molecule has 1 N–H and O–H groups in total. The molecule has 1 aromatic rings. The number of ether oxygens (including phenoxy) is 1. The largest absolute Gasteiger partial charge is 0.496 e. The lowest BCUT2D eigenvalue weighted by Gasteiger charge is -2.34. The molecule has 1 aromatic carbocycles. The molecule has 2 rings (SSSR count). The fourth-order valence-electron chi connectivity index (χ4n) is 2.68. The molecule has 5 heteroatoms. The van der Waals surface area contributed by atoms with E-state index in [1.54, 1.807) is 25.3 Å². The first kappa shape index (κ1) is 16.1. The van der Waals surface area contributed by atoms with Gasteiger partial charge in [0.1, 0.15) is 5.75 Å². The molecule has 0 atom stereocenters. The van der Waals surface area contributed by atoms with Crippen LogP contribution in [0.15, 0.2) is 18.2 Å². The zero-order chi connectivity index (χ0) is 15.4. The fraction of sp³-hybridized carbons (Fsp3) is 0.562. The van der Waals surface area contributed by atoms with Gasteiger partial charge in [-0.1, -0.05) is 11.6 Å². The van der Waals surface area contributed by atoms with Crippen LogP contribution in [0.3, 0.4) is 0 Å². The van der Waals surface area contributed by atoms with Crippen LogP contribution in [0.1, 0.15) is 37.0 Å². The number of hydrogen-bond donors (Lipinski definition) is 1. The lowest BCUT2D eigenvalue weighted by Crippen LogP contribution is -2.46. The number of nitrogens with zero attached hydrogens (tertiary/aromatic N) is 1. The van der Waals surface area contributed by atoms with Gasteiger partial charge in [-0.05, 0) is 44.9 Å². The van der Waals surface area contributed by atoms with Crippen LogP contribution in [0.2, 0.25) is 5.02 Å². The third kappa shape index (κ3) is 4.11. The lowest BCUT2D eigenvalue weighted by molar-refractivity contribution is 0.0897. The Hall–Kier alpha value is -1.26. The van der Waals surface area contributed by atoms with Crippen LogP contribution in [-0.4, -0.2) is 43.1 Å². The van der Waals surface area contributed by atoms with E-state index in [1.165, 1.54) is 0 Å². The summed E-state index contributed by atoms with van der Waals surface area (Å²) in [6.07, 6.45) is 1.96. The van der Waals surface area contributed by atoms with Crippen molar-refractivity contribution in [3.8, 4) is 5.75 Å². The van der Waals surface area contributed by atoms with Gasteiger partial charge in [0, 0.05) is 30.2 Å². The molecular formula is C16H23ClN2O2. The summed E-state index contributed by atoms with van der Waals surface area (Å²) in [7, 11) is 1.56. The molecule has 1 amide bonds. The molecule has 0 unspecified atom stereocenters. The summed E-state index contributed by atoms with van der Waals surface area (Å²) in [5.41, 5.74) is 0.497. The standard InChI is InChI=1S/C16H23ClN2O2/c1-11(2)19-8-6-13(7-9-19)18-16(20)14-10-12(17)4-5-15(14)21-3/h4-5,10-11,13H,6-9H2,1-3H3,(H,18,20). The Morgan fingerprint density at radius 3 is 2.62 bits per heavy atom. The summed E-state index contributed by atoms with van der Waals surface area (Å²) >= 11 is 5.97. The van der Waals surface area contributed by atoms with E-state index in [-0.39, 0.29) is 11.9 Å². The van der Waals surface area contributed by atoms with E-state index in [1.807, 2.05) is 0 Å². The maximum absolute atomic E-state index is 12.4. The third-order valence-corrected chi connectivity index (χ3v) is 4.24. The van der Waals surface area contributed by atoms with Crippen LogP contribution >= 0.6 is 11.6 Å². The minimum absolute atomic E-state index is 0.114. The molecule has 116 valence electrons. The number of likely N-dealkylation sites (tertiary alicyclic amines) is 1. The van der Waals surface area contributed by atoms with Crippen LogP contribution < -0.4 is 10.1 Å². The number of carbonyl (C=O) groups is 1. The Morgan fingerprint density at radius 2 is 2.05 bits per heavy atom. The van der Waals surface area contributed by atoms with Gasteiger partial charge in [0.25, 0.3) is 5.91 Å². The van der Waals surface area contributed by atoms with Crippen molar-refractivity contribution in [2.75, 3.05) is 20.2 Å². The topological polar surface area (TPSA) is 41.6 Å². The summed E-state index contributed by atoms with van der Waals surface area (Å²) in [6.45, 7) is 6.45. The fourth-order valence-corrected chi connectivity index (χ4v) is 2.85. The van der Waals surface area contributed by atoms with E-state index in [0.717, 1.165) is 25.9 Å². The molecule has 1 aliphatic heterocycles. The molecule has 0 saturated carbocycles. The molecule has 1 saturated heterocycles. The second-order valence-electron chi connectivity index (χ2n) is 5.72. The normalized spacial score (nSPS) is 17.0. The minimum Gasteiger partial charge on any atom is -0.496 e. The molecule has 0 radical (unpaired) electrons. The highest BCUT2D eigenvalue weighted by Crippen LogP contribution is 2.23. The quantitative estimate of drug-likeness (QED) is 0.929. The van der Waals surface area contributed by atoms with Gasteiger partial charge in [-0.25, -0.2) is 0 Å². The summed E-state index contributed by atoms with van der Waals surface area (Å²) in [5.74, 6) is 0.439. The number of carbonyl (C=O) groups excluding carboxylic acids is 1. The summed E-state index contributed by atoms with van der Waals surface area (Å²) < 4.78 is 5.23. The number of piperidine rings is 1. The second-order valence-corrected chi connectivity index (χ2v) is 6.16. The van der Waals surface area contributed by atoms with Gasteiger partial charge in [0.15, 0.2) is 0 Å². The second kappa shape index (κ2) is 7.14. The van der Waals surface area contributed by atoms with Crippen molar-refractivity contribution in [3.05, 3.63) is 28.8 Å². The molecule has 4 nitrogen and oxygen atoms in total.